The molecule has 5 aliphatic rings. The minimum Gasteiger partial charge on any atom is -0.469 e. The summed E-state index contributed by atoms with van der Waals surface area (Å²) in [6, 6.07) is 7.84. The van der Waals surface area contributed by atoms with Crippen molar-refractivity contribution in [3.63, 3.8) is 0 Å². The molecule has 3 fully saturated rings. The molecule has 6 rings (SSSR count). The molecule has 0 aromatic heterocycles. The van der Waals surface area contributed by atoms with Gasteiger partial charge in [0.2, 0.25) is 0 Å². The van der Waals surface area contributed by atoms with Crippen molar-refractivity contribution in [2.24, 2.45) is 23.2 Å². The van der Waals surface area contributed by atoms with Gasteiger partial charge in [-0.2, -0.15) is 22.0 Å². The average Bonchev–Trinajstić information content (AvgIpc) is 3.27. The molecule has 1 N–H and O–H groups in total. The second kappa shape index (κ2) is 11.0. The molecule has 1 aliphatic heterocycles. The standard InChI is InChI=1S/C34H40F5NO4/c1-31-18-27(21-5-3-20(4-6-21)19-40-15-12-22(13-16-40)30(42)44-2)29-25-10-8-24(41)17-23(25)7-9-26(29)28(31)11-14-32(31,43)33(35,36)34(37,38)39/h3-6,17,22,26-28,43H,7-16,18-19H2,1-2H3/t26?,27-,28?,31+,32+/m1/s1. The van der Waals surface area contributed by atoms with E-state index in [-0.39, 0.29) is 36.4 Å². The quantitative estimate of drug-likeness (QED) is 0.286. The van der Waals surface area contributed by atoms with E-state index in [4.69, 9.17) is 4.74 Å². The molecule has 240 valence electrons. The summed E-state index contributed by atoms with van der Waals surface area (Å²) in [6.07, 6.45) is -1.27. The smallest absolute Gasteiger partial charge is 0.456 e. The molecule has 10 heteroatoms. The molecule has 2 unspecified atom stereocenters. The van der Waals surface area contributed by atoms with Gasteiger partial charge in [-0.1, -0.05) is 36.8 Å². The van der Waals surface area contributed by atoms with Crippen LogP contribution < -0.4 is 0 Å². The van der Waals surface area contributed by atoms with Gasteiger partial charge in [-0.3, -0.25) is 14.5 Å². The van der Waals surface area contributed by atoms with Crippen LogP contribution >= 0.6 is 0 Å². The molecule has 0 radical (unpaired) electrons. The van der Waals surface area contributed by atoms with Gasteiger partial charge in [0.25, 0.3) is 0 Å². The zero-order chi connectivity index (χ0) is 31.7. The van der Waals surface area contributed by atoms with E-state index in [1.54, 1.807) is 6.08 Å². The fourth-order valence-corrected chi connectivity index (χ4v) is 9.32. The van der Waals surface area contributed by atoms with Crippen molar-refractivity contribution in [2.45, 2.75) is 94.9 Å². The highest BCUT2D eigenvalue weighted by atomic mass is 19.4. The van der Waals surface area contributed by atoms with Crippen LogP contribution in [0.25, 0.3) is 0 Å². The molecule has 0 spiro atoms. The van der Waals surface area contributed by atoms with Crippen molar-refractivity contribution in [3.8, 4) is 0 Å². The number of halogens is 5. The lowest BCUT2D eigenvalue weighted by Gasteiger charge is -2.56. The van der Waals surface area contributed by atoms with Crippen LogP contribution in [0.4, 0.5) is 22.0 Å². The van der Waals surface area contributed by atoms with E-state index in [0.29, 0.717) is 45.1 Å². The van der Waals surface area contributed by atoms with Gasteiger partial charge in [0.15, 0.2) is 5.78 Å². The number of aliphatic hydroxyl groups is 1. The monoisotopic (exact) mass is 621 g/mol. The van der Waals surface area contributed by atoms with Crippen LogP contribution in [0.5, 0.6) is 0 Å². The second-order valence-corrected chi connectivity index (χ2v) is 13.8. The van der Waals surface area contributed by atoms with E-state index in [1.165, 1.54) is 14.0 Å². The fraction of sp³-hybridized carbons (Fsp3) is 0.647. The number of likely N-dealkylation sites (tertiary alicyclic amines) is 1. The predicted molar refractivity (Wildman–Crippen MR) is 153 cm³/mol. The second-order valence-electron chi connectivity index (χ2n) is 13.8. The number of ketones is 1. The summed E-state index contributed by atoms with van der Waals surface area (Å²) < 4.78 is 76.7. The summed E-state index contributed by atoms with van der Waals surface area (Å²) >= 11 is 0. The van der Waals surface area contributed by atoms with E-state index < -0.39 is 41.4 Å². The summed E-state index contributed by atoms with van der Waals surface area (Å²) in [5.74, 6) is -6.69. The molecule has 1 aromatic rings. The number of fused-ring (bicyclic) bond motifs is 4. The van der Waals surface area contributed by atoms with E-state index in [0.717, 1.165) is 40.9 Å². The number of hydrogen-bond acceptors (Lipinski definition) is 5. The molecule has 44 heavy (non-hydrogen) atoms. The molecule has 0 amide bonds. The van der Waals surface area contributed by atoms with Crippen molar-refractivity contribution in [3.05, 3.63) is 58.2 Å². The van der Waals surface area contributed by atoms with Crippen LogP contribution in [0.1, 0.15) is 81.8 Å². The Kier molecular flexibility index (Phi) is 7.88. The first-order valence-electron chi connectivity index (χ1n) is 15.7. The summed E-state index contributed by atoms with van der Waals surface area (Å²) in [7, 11) is 1.40. The van der Waals surface area contributed by atoms with E-state index in [2.05, 4.69) is 4.90 Å². The Labute approximate surface area is 254 Å². The summed E-state index contributed by atoms with van der Waals surface area (Å²) in [5, 5.41) is 11.4. The molecular weight excluding hydrogens is 581 g/mol. The number of carbonyl (C=O) groups excluding carboxylic acids is 2. The largest absolute Gasteiger partial charge is 0.469 e. The zero-order valence-electron chi connectivity index (χ0n) is 25.2. The number of ether oxygens (including phenoxy) is 1. The summed E-state index contributed by atoms with van der Waals surface area (Å²) in [4.78, 5) is 26.4. The van der Waals surface area contributed by atoms with Gasteiger partial charge >= 0.3 is 18.1 Å². The van der Waals surface area contributed by atoms with Crippen LogP contribution in [-0.4, -0.2) is 59.7 Å². The number of allylic oxidation sites excluding steroid dienone is 4. The van der Waals surface area contributed by atoms with Gasteiger partial charge in [0, 0.05) is 24.3 Å². The number of hydrogen-bond donors (Lipinski definition) is 1. The Morgan fingerprint density at radius 1 is 1.02 bits per heavy atom. The Bertz CT molecular complexity index is 1380. The number of benzene rings is 1. The third-order valence-electron chi connectivity index (χ3n) is 11.7. The highest BCUT2D eigenvalue weighted by Crippen LogP contribution is 2.70. The van der Waals surface area contributed by atoms with Crippen LogP contribution in [-0.2, 0) is 20.9 Å². The number of rotatable bonds is 5. The molecule has 1 heterocycles. The minimum atomic E-state index is -5.87. The maximum absolute atomic E-state index is 15.2. The first-order valence-corrected chi connectivity index (χ1v) is 15.7. The predicted octanol–water partition coefficient (Wildman–Crippen LogP) is 6.90. The van der Waals surface area contributed by atoms with Crippen molar-refractivity contribution >= 4 is 11.8 Å². The summed E-state index contributed by atoms with van der Waals surface area (Å²) in [6.45, 7) is 3.62. The molecule has 1 saturated heterocycles. The SMILES string of the molecule is COC(=O)C1CCN(Cc2ccc([C@H]3C[C@@]4(C)C(CC[C@@]4(O)C(F)(F)C(F)(F)F)C4CCC5=CC(=O)CCC5=C43)cc2)CC1. The van der Waals surface area contributed by atoms with Gasteiger partial charge in [-0.25, -0.2) is 0 Å². The number of methoxy groups -OCH3 is 1. The van der Waals surface area contributed by atoms with Crippen molar-refractivity contribution < 1.29 is 41.4 Å². The molecule has 1 aromatic carbocycles. The van der Waals surface area contributed by atoms with E-state index >= 15 is 8.78 Å². The molecule has 0 bridgehead atoms. The van der Waals surface area contributed by atoms with Gasteiger partial charge in [0.1, 0.15) is 5.60 Å². The lowest BCUT2D eigenvalue weighted by Crippen LogP contribution is -2.65. The van der Waals surface area contributed by atoms with Crippen molar-refractivity contribution in [2.75, 3.05) is 20.2 Å². The lowest BCUT2D eigenvalue weighted by molar-refractivity contribution is -0.362. The topological polar surface area (TPSA) is 66.8 Å². The average molecular weight is 622 g/mol. The van der Waals surface area contributed by atoms with Crippen molar-refractivity contribution in [1.82, 2.24) is 4.90 Å². The third kappa shape index (κ3) is 4.86. The number of nitrogens with zero attached hydrogens (tertiary/aromatic N) is 1. The molecule has 5 atom stereocenters. The Morgan fingerprint density at radius 3 is 2.34 bits per heavy atom. The number of piperidine rings is 1. The Hall–Kier alpha value is -2.59. The first kappa shape index (κ1) is 31.4. The van der Waals surface area contributed by atoms with Crippen LogP contribution in [0.3, 0.4) is 0 Å². The third-order valence-corrected chi connectivity index (χ3v) is 11.7. The van der Waals surface area contributed by atoms with Crippen LogP contribution in [0.2, 0.25) is 0 Å². The molecule has 4 aliphatic carbocycles. The molecule has 5 nitrogen and oxygen atoms in total. The highest BCUT2D eigenvalue weighted by molar-refractivity contribution is 5.93. The van der Waals surface area contributed by atoms with Crippen LogP contribution in [0, 0.1) is 23.2 Å². The van der Waals surface area contributed by atoms with Gasteiger partial charge < -0.3 is 9.84 Å². The Balaban J connectivity index is 1.34. The maximum atomic E-state index is 15.2. The summed E-state index contributed by atoms with van der Waals surface area (Å²) in [5.41, 5.74) is 0.0625. The van der Waals surface area contributed by atoms with E-state index in [9.17, 15) is 27.9 Å². The lowest BCUT2D eigenvalue weighted by atomic mass is 9.50. The zero-order valence-corrected chi connectivity index (χ0v) is 25.2. The van der Waals surface area contributed by atoms with E-state index in [1.807, 2.05) is 24.3 Å². The maximum Gasteiger partial charge on any atom is 0.456 e. The normalized spacial score (nSPS) is 33.4. The van der Waals surface area contributed by atoms with Crippen LogP contribution in [0.15, 0.2) is 47.1 Å². The van der Waals surface area contributed by atoms with Gasteiger partial charge in [-0.15, -0.1) is 0 Å². The highest BCUT2D eigenvalue weighted by Gasteiger charge is 2.79. The fourth-order valence-electron chi connectivity index (χ4n) is 9.32. The number of alkyl halides is 5. The number of carbonyl (C=O) groups is 2. The van der Waals surface area contributed by atoms with Crippen molar-refractivity contribution in [1.29, 1.82) is 0 Å². The first-order chi connectivity index (χ1) is 20.7. The minimum absolute atomic E-state index is 0.0310. The Morgan fingerprint density at radius 2 is 1.70 bits per heavy atom. The molecular formula is C34H40F5NO4. The van der Waals surface area contributed by atoms with Gasteiger partial charge in [0.05, 0.1) is 13.0 Å². The molecule has 2 saturated carbocycles. The number of esters is 1. The van der Waals surface area contributed by atoms with Gasteiger partial charge in [-0.05, 0) is 105 Å².